The Hall–Kier alpha value is -0.410. The Labute approximate surface area is 131 Å². The Morgan fingerprint density at radius 1 is 1.26 bits per heavy atom. The first-order valence-corrected chi connectivity index (χ1v) is 8.53. The molecule has 1 aromatic carbocycles. The van der Waals surface area contributed by atoms with Gasteiger partial charge in [0.2, 0.25) is 0 Å². The lowest BCUT2D eigenvalue weighted by atomic mass is 9.83. The van der Waals surface area contributed by atoms with Gasteiger partial charge >= 0.3 is 0 Å². The van der Waals surface area contributed by atoms with Crippen LogP contribution in [0.15, 0.2) is 27.1 Å². The van der Waals surface area contributed by atoms with E-state index in [9.17, 15) is 0 Å². The molecule has 0 saturated heterocycles. The number of fused-ring (bicyclic) bond motifs is 2. The monoisotopic (exact) mass is 381 g/mol. The van der Waals surface area contributed by atoms with Crippen molar-refractivity contribution in [2.45, 2.75) is 39.0 Å². The molecule has 0 N–H and O–H groups in total. The van der Waals surface area contributed by atoms with Gasteiger partial charge in [0.25, 0.3) is 0 Å². The molecule has 0 amide bonds. The van der Waals surface area contributed by atoms with Crippen molar-refractivity contribution in [1.29, 1.82) is 0 Å². The van der Waals surface area contributed by atoms with Gasteiger partial charge in [-0.1, -0.05) is 35.7 Å². The van der Waals surface area contributed by atoms with Crippen LogP contribution >= 0.6 is 31.9 Å². The van der Waals surface area contributed by atoms with Crippen LogP contribution < -0.4 is 0 Å². The van der Waals surface area contributed by atoms with Crippen molar-refractivity contribution in [1.82, 2.24) is 4.98 Å². The van der Waals surface area contributed by atoms with Crippen molar-refractivity contribution in [3.63, 3.8) is 0 Å². The van der Waals surface area contributed by atoms with Gasteiger partial charge in [-0.05, 0) is 64.9 Å². The minimum absolute atomic E-state index is 0.854. The summed E-state index contributed by atoms with van der Waals surface area (Å²) in [4.78, 5) is 4.88. The van der Waals surface area contributed by atoms with Crippen LogP contribution in [-0.2, 0) is 12.8 Å². The Bertz CT molecular complexity index is 622. The fourth-order valence-electron chi connectivity index (χ4n) is 3.09. The molecule has 3 heteroatoms. The zero-order valence-corrected chi connectivity index (χ0v) is 14.2. The lowest BCUT2D eigenvalue weighted by molar-refractivity contribution is 0.419. The predicted octanol–water partition coefficient (Wildman–Crippen LogP) is 5.66. The lowest BCUT2D eigenvalue weighted by Crippen LogP contribution is -2.15. The minimum Gasteiger partial charge on any atom is -0.251 e. The first-order chi connectivity index (χ1) is 9.17. The zero-order chi connectivity index (χ0) is 13.4. The molecule has 1 aliphatic rings. The van der Waals surface area contributed by atoms with Gasteiger partial charge in [-0.3, -0.25) is 4.98 Å². The van der Waals surface area contributed by atoms with Crippen molar-refractivity contribution in [3.05, 3.63) is 38.4 Å². The molecule has 3 rings (SSSR count). The Morgan fingerprint density at radius 2 is 2.11 bits per heavy atom. The molecular weight excluding hydrogens is 366 g/mol. The molecule has 1 aliphatic carbocycles. The van der Waals surface area contributed by atoms with Crippen molar-refractivity contribution in [2.24, 2.45) is 5.92 Å². The van der Waals surface area contributed by atoms with Crippen molar-refractivity contribution in [2.75, 3.05) is 0 Å². The molecule has 100 valence electrons. The summed E-state index contributed by atoms with van der Waals surface area (Å²) in [6, 6.07) is 6.58. The maximum absolute atomic E-state index is 4.88. The molecule has 0 unspecified atom stereocenters. The quantitative estimate of drug-likeness (QED) is 0.652. The van der Waals surface area contributed by atoms with Crippen LogP contribution in [0.1, 0.15) is 37.4 Å². The summed E-state index contributed by atoms with van der Waals surface area (Å²) >= 11 is 7.18. The highest BCUT2D eigenvalue weighted by atomic mass is 79.9. The first-order valence-electron chi connectivity index (χ1n) is 6.95. The van der Waals surface area contributed by atoms with E-state index in [2.05, 4.69) is 57.0 Å². The van der Waals surface area contributed by atoms with Gasteiger partial charge in [-0.2, -0.15) is 0 Å². The standard InChI is InChI=1S/C16H17Br2N/c1-2-3-10-4-5-15-11(6-10)7-12-8-13(17)9-14(18)16(12)19-15/h7-10H,2-6H2,1H3/t10-/m0/s1. The van der Waals surface area contributed by atoms with Crippen LogP contribution in [0, 0.1) is 5.92 Å². The van der Waals surface area contributed by atoms with Crippen LogP contribution in [0.5, 0.6) is 0 Å². The topological polar surface area (TPSA) is 12.9 Å². The molecule has 1 aromatic heterocycles. The van der Waals surface area contributed by atoms with Crippen LogP contribution in [0.2, 0.25) is 0 Å². The number of rotatable bonds is 2. The number of aromatic nitrogens is 1. The number of nitrogens with zero attached hydrogens (tertiary/aromatic N) is 1. The fourth-order valence-corrected chi connectivity index (χ4v) is 4.44. The van der Waals surface area contributed by atoms with Gasteiger partial charge < -0.3 is 0 Å². The summed E-state index contributed by atoms with van der Waals surface area (Å²) in [6.07, 6.45) is 6.28. The largest absolute Gasteiger partial charge is 0.251 e. The summed E-state index contributed by atoms with van der Waals surface area (Å²) in [7, 11) is 0. The Balaban J connectivity index is 2.06. The van der Waals surface area contributed by atoms with E-state index < -0.39 is 0 Å². The van der Waals surface area contributed by atoms with E-state index in [1.807, 2.05) is 0 Å². The number of aryl methyl sites for hydroxylation is 1. The predicted molar refractivity (Wildman–Crippen MR) is 87.6 cm³/mol. The number of benzene rings is 1. The SMILES string of the molecule is CCC[C@H]1CCc2nc3c(Br)cc(Br)cc3cc2C1. The molecule has 0 radical (unpaired) electrons. The second kappa shape index (κ2) is 5.53. The van der Waals surface area contributed by atoms with Gasteiger partial charge in [0.15, 0.2) is 0 Å². The van der Waals surface area contributed by atoms with Crippen LogP contribution in [0.3, 0.4) is 0 Å². The summed E-state index contributed by atoms with van der Waals surface area (Å²) in [6.45, 7) is 2.28. The Kier molecular flexibility index (Phi) is 3.95. The van der Waals surface area contributed by atoms with Crippen LogP contribution in [-0.4, -0.2) is 4.98 Å². The smallest absolute Gasteiger partial charge is 0.0848 e. The van der Waals surface area contributed by atoms with Gasteiger partial charge in [-0.15, -0.1) is 0 Å². The van der Waals surface area contributed by atoms with Crippen molar-refractivity contribution < 1.29 is 0 Å². The third-order valence-corrected chi connectivity index (χ3v) is 5.06. The second-order valence-electron chi connectivity index (χ2n) is 5.45. The van der Waals surface area contributed by atoms with E-state index in [-0.39, 0.29) is 0 Å². The summed E-state index contributed by atoms with van der Waals surface area (Å²) in [5, 5.41) is 1.23. The first kappa shape index (κ1) is 13.6. The minimum atomic E-state index is 0.854. The molecule has 0 bridgehead atoms. The number of hydrogen-bond acceptors (Lipinski definition) is 1. The highest BCUT2D eigenvalue weighted by Gasteiger charge is 2.20. The van der Waals surface area contributed by atoms with E-state index in [0.717, 1.165) is 26.8 Å². The van der Waals surface area contributed by atoms with E-state index >= 15 is 0 Å². The lowest BCUT2D eigenvalue weighted by Gasteiger charge is -2.24. The molecule has 0 saturated carbocycles. The van der Waals surface area contributed by atoms with Gasteiger partial charge in [0, 0.05) is 20.0 Å². The van der Waals surface area contributed by atoms with Gasteiger partial charge in [0.05, 0.1) is 5.52 Å². The molecule has 1 heterocycles. The van der Waals surface area contributed by atoms with Gasteiger partial charge in [0.1, 0.15) is 0 Å². The molecule has 1 atom stereocenters. The maximum Gasteiger partial charge on any atom is 0.0848 e. The molecule has 19 heavy (non-hydrogen) atoms. The average molecular weight is 383 g/mol. The second-order valence-corrected chi connectivity index (χ2v) is 7.22. The summed E-state index contributed by atoms with van der Waals surface area (Å²) < 4.78 is 2.19. The van der Waals surface area contributed by atoms with Gasteiger partial charge in [-0.25, -0.2) is 0 Å². The van der Waals surface area contributed by atoms with E-state index in [1.54, 1.807) is 0 Å². The van der Waals surface area contributed by atoms with Crippen LogP contribution in [0.25, 0.3) is 10.9 Å². The fraction of sp³-hybridized carbons (Fsp3) is 0.438. The third kappa shape index (κ3) is 2.73. The van der Waals surface area contributed by atoms with Crippen molar-refractivity contribution >= 4 is 42.8 Å². The average Bonchev–Trinajstić information content (AvgIpc) is 2.37. The van der Waals surface area contributed by atoms with E-state index in [1.165, 1.54) is 42.3 Å². The molecule has 0 spiro atoms. The normalized spacial score (nSPS) is 18.6. The zero-order valence-electron chi connectivity index (χ0n) is 11.0. The third-order valence-electron chi connectivity index (χ3n) is 4.00. The summed E-state index contributed by atoms with van der Waals surface area (Å²) in [5.74, 6) is 0.854. The highest BCUT2D eigenvalue weighted by molar-refractivity contribution is 9.11. The molecule has 1 nitrogen and oxygen atoms in total. The highest BCUT2D eigenvalue weighted by Crippen LogP contribution is 2.33. The van der Waals surface area contributed by atoms with E-state index in [0.29, 0.717) is 0 Å². The Morgan fingerprint density at radius 3 is 2.89 bits per heavy atom. The number of halogens is 2. The molecule has 0 fully saturated rings. The molecule has 2 aromatic rings. The summed E-state index contributed by atoms with van der Waals surface area (Å²) in [5.41, 5.74) is 3.86. The van der Waals surface area contributed by atoms with Crippen molar-refractivity contribution in [3.8, 4) is 0 Å². The maximum atomic E-state index is 4.88. The molecular formula is C16H17Br2N. The van der Waals surface area contributed by atoms with E-state index in [4.69, 9.17) is 4.98 Å². The number of pyridine rings is 1. The molecule has 0 aliphatic heterocycles. The number of hydrogen-bond donors (Lipinski definition) is 0. The van der Waals surface area contributed by atoms with Crippen LogP contribution in [0.4, 0.5) is 0 Å².